The Kier molecular flexibility index (Phi) is 3.05. The van der Waals surface area contributed by atoms with Gasteiger partial charge in [-0.2, -0.15) is 0 Å². The molecule has 0 radical (unpaired) electrons. The highest BCUT2D eigenvalue weighted by Gasteiger charge is 2.37. The number of hydrogen-bond donors (Lipinski definition) is 1. The van der Waals surface area contributed by atoms with E-state index in [0.29, 0.717) is 12.8 Å². The molecule has 3 unspecified atom stereocenters. The Morgan fingerprint density at radius 3 is 2.83 bits per heavy atom. The third-order valence-corrected chi connectivity index (χ3v) is 2.09. The summed E-state index contributed by atoms with van der Waals surface area (Å²) in [6, 6.07) is 0. The maximum Gasteiger partial charge on any atom is 0.335 e. The molecule has 70 valence electrons. The quantitative estimate of drug-likeness (QED) is 0.603. The van der Waals surface area contributed by atoms with Crippen LogP contribution < -0.4 is 0 Å². The number of rotatable bonds is 2. The average molecular weight is 174 g/mol. The molecule has 0 aromatic carbocycles. The topological polar surface area (TPSA) is 55.8 Å². The number of carbonyl (C=O) groups is 1. The van der Waals surface area contributed by atoms with Gasteiger partial charge in [0.05, 0.1) is 19.3 Å². The smallest absolute Gasteiger partial charge is 0.335 e. The first kappa shape index (κ1) is 9.48. The SMILES string of the molecule is CCC1OC(C(=O)OC)CC1O. The molecule has 1 aliphatic heterocycles. The molecule has 0 saturated carbocycles. The highest BCUT2D eigenvalue weighted by Crippen LogP contribution is 2.23. The molecule has 1 saturated heterocycles. The molecular formula is C8H14O4. The summed E-state index contributed by atoms with van der Waals surface area (Å²) in [5, 5.41) is 9.37. The van der Waals surface area contributed by atoms with Crippen LogP contribution >= 0.6 is 0 Å². The molecule has 4 heteroatoms. The first-order valence-corrected chi connectivity index (χ1v) is 4.10. The standard InChI is InChI=1S/C8H14O4/c1-3-6-5(9)4-7(12-6)8(10)11-2/h5-7,9H,3-4H2,1-2H3. The van der Waals surface area contributed by atoms with E-state index in [1.54, 1.807) is 0 Å². The van der Waals surface area contributed by atoms with Crippen LogP contribution in [0.25, 0.3) is 0 Å². The summed E-state index contributed by atoms with van der Waals surface area (Å²) in [5.74, 6) is -0.398. The van der Waals surface area contributed by atoms with Gasteiger partial charge in [-0.15, -0.1) is 0 Å². The summed E-state index contributed by atoms with van der Waals surface area (Å²) in [7, 11) is 1.32. The first-order valence-electron chi connectivity index (χ1n) is 4.10. The Morgan fingerprint density at radius 1 is 1.75 bits per heavy atom. The Balaban J connectivity index is 2.48. The molecule has 12 heavy (non-hydrogen) atoms. The van der Waals surface area contributed by atoms with Crippen molar-refractivity contribution < 1.29 is 19.4 Å². The van der Waals surface area contributed by atoms with Crippen LogP contribution in [0.4, 0.5) is 0 Å². The lowest BCUT2D eigenvalue weighted by molar-refractivity contribution is -0.153. The Bertz CT molecular complexity index is 168. The van der Waals surface area contributed by atoms with Gasteiger partial charge >= 0.3 is 5.97 Å². The summed E-state index contributed by atoms with van der Waals surface area (Å²) in [6.45, 7) is 1.91. The summed E-state index contributed by atoms with van der Waals surface area (Å²) < 4.78 is 9.75. The minimum absolute atomic E-state index is 0.214. The van der Waals surface area contributed by atoms with Crippen molar-refractivity contribution >= 4 is 5.97 Å². The van der Waals surface area contributed by atoms with Crippen molar-refractivity contribution in [2.75, 3.05) is 7.11 Å². The van der Waals surface area contributed by atoms with E-state index in [4.69, 9.17) is 4.74 Å². The molecule has 0 aromatic heterocycles. The van der Waals surface area contributed by atoms with Crippen LogP contribution in [-0.2, 0) is 14.3 Å². The zero-order valence-corrected chi connectivity index (χ0v) is 7.32. The van der Waals surface area contributed by atoms with Gasteiger partial charge in [0.15, 0.2) is 6.10 Å². The summed E-state index contributed by atoms with van der Waals surface area (Å²) in [4.78, 5) is 11.0. The minimum atomic E-state index is -0.574. The van der Waals surface area contributed by atoms with E-state index in [-0.39, 0.29) is 6.10 Å². The Morgan fingerprint density at radius 2 is 2.42 bits per heavy atom. The maximum absolute atomic E-state index is 11.0. The summed E-state index contributed by atoms with van der Waals surface area (Å²) >= 11 is 0. The van der Waals surface area contributed by atoms with Gasteiger partial charge in [0.1, 0.15) is 0 Å². The molecular weight excluding hydrogens is 160 g/mol. The average Bonchev–Trinajstić information content (AvgIpc) is 2.45. The van der Waals surface area contributed by atoms with Crippen LogP contribution in [0.5, 0.6) is 0 Å². The van der Waals surface area contributed by atoms with Gasteiger partial charge in [-0.1, -0.05) is 6.92 Å². The normalized spacial score (nSPS) is 35.1. The fourth-order valence-corrected chi connectivity index (χ4v) is 1.38. The maximum atomic E-state index is 11.0. The van der Waals surface area contributed by atoms with Crippen molar-refractivity contribution in [3.8, 4) is 0 Å². The number of esters is 1. The lowest BCUT2D eigenvalue weighted by atomic mass is 10.1. The second-order valence-corrected chi connectivity index (χ2v) is 2.90. The van der Waals surface area contributed by atoms with Crippen molar-refractivity contribution in [2.45, 2.75) is 38.1 Å². The van der Waals surface area contributed by atoms with Gasteiger partial charge < -0.3 is 14.6 Å². The Labute approximate surface area is 71.5 Å². The second kappa shape index (κ2) is 3.87. The van der Waals surface area contributed by atoms with E-state index in [1.807, 2.05) is 6.92 Å². The van der Waals surface area contributed by atoms with Crippen LogP contribution in [-0.4, -0.2) is 36.5 Å². The van der Waals surface area contributed by atoms with Crippen LogP contribution in [0, 0.1) is 0 Å². The molecule has 1 rings (SSSR count). The van der Waals surface area contributed by atoms with Gasteiger partial charge in [-0.05, 0) is 6.42 Å². The fraction of sp³-hybridized carbons (Fsp3) is 0.875. The summed E-state index contributed by atoms with van der Waals surface area (Å²) in [5.41, 5.74) is 0. The van der Waals surface area contributed by atoms with Crippen molar-refractivity contribution in [1.29, 1.82) is 0 Å². The van der Waals surface area contributed by atoms with Crippen molar-refractivity contribution in [1.82, 2.24) is 0 Å². The van der Waals surface area contributed by atoms with Gasteiger partial charge in [0.25, 0.3) is 0 Å². The number of aliphatic hydroxyl groups is 1. The van der Waals surface area contributed by atoms with E-state index in [0.717, 1.165) is 0 Å². The van der Waals surface area contributed by atoms with E-state index >= 15 is 0 Å². The van der Waals surface area contributed by atoms with Crippen LogP contribution in [0.3, 0.4) is 0 Å². The monoisotopic (exact) mass is 174 g/mol. The van der Waals surface area contributed by atoms with Crippen molar-refractivity contribution in [3.63, 3.8) is 0 Å². The third kappa shape index (κ3) is 1.76. The number of methoxy groups -OCH3 is 1. The summed E-state index contributed by atoms with van der Waals surface area (Å²) in [6.07, 6.45) is -0.247. The van der Waals surface area contributed by atoms with Gasteiger partial charge in [0.2, 0.25) is 0 Å². The second-order valence-electron chi connectivity index (χ2n) is 2.90. The third-order valence-electron chi connectivity index (χ3n) is 2.09. The van der Waals surface area contributed by atoms with E-state index < -0.39 is 18.2 Å². The van der Waals surface area contributed by atoms with E-state index in [9.17, 15) is 9.90 Å². The highest BCUT2D eigenvalue weighted by molar-refractivity contribution is 5.74. The molecule has 0 spiro atoms. The van der Waals surface area contributed by atoms with E-state index in [2.05, 4.69) is 4.74 Å². The molecule has 3 atom stereocenters. The van der Waals surface area contributed by atoms with Crippen LogP contribution in [0.15, 0.2) is 0 Å². The predicted octanol–water partition coefficient (Wildman–Crippen LogP) is 0.0878. The molecule has 0 aromatic rings. The first-order chi connectivity index (χ1) is 5.69. The molecule has 1 aliphatic rings. The molecule has 1 N–H and O–H groups in total. The minimum Gasteiger partial charge on any atom is -0.467 e. The van der Waals surface area contributed by atoms with Gasteiger partial charge in [-0.3, -0.25) is 0 Å². The van der Waals surface area contributed by atoms with E-state index in [1.165, 1.54) is 7.11 Å². The van der Waals surface area contributed by atoms with Crippen molar-refractivity contribution in [2.24, 2.45) is 0 Å². The largest absolute Gasteiger partial charge is 0.467 e. The number of ether oxygens (including phenoxy) is 2. The molecule has 0 aliphatic carbocycles. The molecule has 0 bridgehead atoms. The lowest BCUT2D eigenvalue weighted by Gasteiger charge is -2.10. The number of carbonyl (C=O) groups excluding carboxylic acids is 1. The molecule has 1 fully saturated rings. The molecule has 1 heterocycles. The van der Waals surface area contributed by atoms with Crippen molar-refractivity contribution in [3.05, 3.63) is 0 Å². The molecule has 0 amide bonds. The Hall–Kier alpha value is -0.610. The van der Waals surface area contributed by atoms with Gasteiger partial charge in [-0.25, -0.2) is 4.79 Å². The van der Waals surface area contributed by atoms with Crippen LogP contribution in [0.1, 0.15) is 19.8 Å². The zero-order valence-electron chi connectivity index (χ0n) is 7.32. The molecule has 4 nitrogen and oxygen atoms in total. The lowest BCUT2D eigenvalue weighted by Crippen LogP contribution is -2.22. The number of aliphatic hydroxyl groups excluding tert-OH is 1. The predicted molar refractivity (Wildman–Crippen MR) is 41.6 cm³/mol. The number of hydrogen-bond acceptors (Lipinski definition) is 4. The fourth-order valence-electron chi connectivity index (χ4n) is 1.38. The van der Waals surface area contributed by atoms with Gasteiger partial charge in [0, 0.05) is 6.42 Å². The van der Waals surface area contributed by atoms with Crippen LogP contribution in [0.2, 0.25) is 0 Å². The highest BCUT2D eigenvalue weighted by atomic mass is 16.6. The zero-order chi connectivity index (χ0) is 9.14.